The quantitative estimate of drug-likeness (QED) is 0.461. The number of imide groups is 1. The van der Waals surface area contributed by atoms with E-state index in [0.29, 0.717) is 12.8 Å². The van der Waals surface area contributed by atoms with Crippen molar-refractivity contribution in [1.29, 1.82) is 0 Å². The van der Waals surface area contributed by atoms with Gasteiger partial charge in [0, 0.05) is 6.07 Å². The second-order valence-electron chi connectivity index (χ2n) is 5.51. The zero-order valence-corrected chi connectivity index (χ0v) is 12.6. The molecule has 1 aliphatic heterocycles. The first-order chi connectivity index (χ1) is 11.6. The number of anilines is 1. The number of amides is 3. The predicted molar refractivity (Wildman–Crippen MR) is 78.2 cm³/mol. The molecular weight excluding hydrogens is 318 g/mol. The summed E-state index contributed by atoms with van der Waals surface area (Å²) in [7, 11) is 0. The highest BCUT2D eigenvalue weighted by Crippen LogP contribution is 2.34. The molecule has 1 aromatic heterocycles. The van der Waals surface area contributed by atoms with Gasteiger partial charge in [-0.1, -0.05) is 17.3 Å². The smallest absolute Gasteiger partial charge is 0.326 e. The number of likely N-dealkylation sites (tertiary alicyclic amines) is 1. The van der Waals surface area contributed by atoms with Gasteiger partial charge in [0.15, 0.2) is 12.4 Å². The van der Waals surface area contributed by atoms with E-state index in [1.54, 1.807) is 0 Å². The zero-order chi connectivity index (χ0) is 17.1. The minimum atomic E-state index is -0.821. The van der Waals surface area contributed by atoms with E-state index in [1.165, 1.54) is 12.3 Å². The number of carbonyl (C=O) groups is 4. The first-order valence-corrected chi connectivity index (χ1v) is 7.42. The van der Waals surface area contributed by atoms with Crippen LogP contribution in [0.4, 0.5) is 5.82 Å². The highest BCUT2D eigenvalue weighted by atomic mass is 16.5. The molecule has 0 radical (unpaired) electrons. The lowest BCUT2D eigenvalue weighted by atomic mass is 9.85. The maximum absolute atomic E-state index is 12.2. The van der Waals surface area contributed by atoms with Crippen molar-refractivity contribution in [3.05, 3.63) is 24.5 Å². The van der Waals surface area contributed by atoms with Crippen LogP contribution in [-0.2, 0) is 23.9 Å². The molecule has 1 fully saturated rings. The third-order valence-electron chi connectivity index (χ3n) is 3.96. The number of nitrogens with one attached hydrogen (secondary N) is 1. The standard InChI is InChI=1S/C15H15N3O6/c19-12(16-11-5-6-24-17-11)8-23-13(20)7-18-14(21)9-3-1-2-4-10(9)15(18)22/h1-2,5-6,9-10H,3-4,7-8H2,(H,16,17,19). The summed E-state index contributed by atoms with van der Waals surface area (Å²) >= 11 is 0. The first-order valence-electron chi connectivity index (χ1n) is 7.42. The number of hydrogen-bond donors (Lipinski definition) is 1. The van der Waals surface area contributed by atoms with Crippen LogP contribution < -0.4 is 5.32 Å². The number of carbonyl (C=O) groups excluding carboxylic acids is 4. The Hall–Kier alpha value is -2.97. The van der Waals surface area contributed by atoms with Gasteiger partial charge in [0.25, 0.3) is 5.91 Å². The Morgan fingerprint density at radius 3 is 2.50 bits per heavy atom. The van der Waals surface area contributed by atoms with Crippen LogP contribution in [0, 0.1) is 11.8 Å². The minimum Gasteiger partial charge on any atom is -0.454 e. The predicted octanol–water partition coefficient (Wildman–Crippen LogP) is 0.107. The molecule has 2 heterocycles. The van der Waals surface area contributed by atoms with Gasteiger partial charge < -0.3 is 14.6 Å². The van der Waals surface area contributed by atoms with Crippen LogP contribution in [0.25, 0.3) is 0 Å². The number of esters is 1. The molecule has 126 valence electrons. The summed E-state index contributed by atoms with van der Waals surface area (Å²) in [5, 5.41) is 5.83. The summed E-state index contributed by atoms with van der Waals surface area (Å²) in [6.07, 6.45) is 6.01. The average Bonchev–Trinajstić information content (AvgIpc) is 3.16. The molecule has 24 heavy (non-hydrogen) atoms. The summed E-state index contributed by atoms with van der Waals surface area (Å²) in [4.78, 5) is 48.7. The molecule has 2 atom stereocenters. The van der Waals surface area contributed by atoms with Gasteiger partial charge in [-0.2, -0.15) is 0 Å². The molecule has 0 bridgehead atoms. The van der Waals surface area contributed by atoms with Crippen LogP contribution in [0.3, 0.4) is 0 Å². The van der Waals surface area contributed by atoms with Crippen molar-refractivity contribution >= 4 is 29.5 Å². The lowest BCUT2D eigenvalue weighted by Gasteiger charge is -2.14. The maximum atomic E-state index is 12.2. The molecule has 0 spiro atoms. The molecule has 3 rings (SSSR count). The van der Waals surface area contributed by atoms with Gasteiger partial charge in [-0.15, -0.1) is 0 Å². The number of allylic oxidation sites excluding steroid dienone is 2. The minimum absolute atomic E-state index is 0.192. The van der Waals surface area contributed by atoms with Crippen molar-refractivity contribution in [3.8, 4) is 0 Å². The molecular formula is C15H15N3O6. The van der Waals surface area contributed by atoms with Gasteiger partial charge in [-0.3, -0.25) is 24.1 Å². The molecule has 2 aliphatic rings. The van der Waals surface area contributed by atoms with Gasteiger partial charge in [-0.05, 0) is 12.8 Å². The third kappa shape index (κ3) is 3.19. The van der Waals surface area contributed by atoms with Gasteiger partial charge in [0.1, 0.15) is 12.8 Å². The van der Waals surface area contributed by atoms with E-state index in [2.05, 4.69) is 15.0 Å². The molecule has 3 amide bonds. The van der Waals surface area contributed by atoms with E-state index in [9.17, 15) is 19.2 Å². The first kappa shape index (κ1) is 15.9. The van der Waals surface area contributed by atoms with E-state index in [1.807, 2.05) is 12.2 Å². The van der Waals surface area contributed by atoms with E-state index < -0.39 is 36.9 Å². The third-order valence-corrected chi connectivity index (χ3v) is 3.96. The van der Waals surface area contributed by atoms with E-state index >= 15 is 0 Å². The molecule has 0 saturated carbocycles. The highest BCUT2D eigenvalue weighted by molar-refractivity contribution is 6.07. The largest absolute Gasteiger partial charge is 0.454 e. The van der Waals surface area contributed by atoms with Gasteiger partial charge >= 0.3 is 5.97 Å². The summed E-state index contributed by atoms with van der Waals surface area (Å²) in [6.45, 7) is -1.03. The van der Waals surface area contributed by atoms with Crippen LogP contribution in [0.1, 0.15) is 12.8 Å². The van der Waals surface area contributed by atoms with Gasteiger partial charge in [0.05, 0.1) is 11.8 Å². The second kappa shape index (κ2) is 6.65. The van der Waals surface area contributed by atoms with Crippen molar-refractivity contribution in [3.63, 3.8) is 0 Å². The van der Waals surface area contributed by atoms with Crippen molar-refractivity contribution in [2.45, 2.75) is 12.8 Å². The van der Waals surface area contributed by atoms with E-state index in [-0.39, 0.29) is 17.6 Å². The fourth-order valence-corrected chi connectivity index (χ4v) is 2.80. The molecule has 2 unspecified atom stereocenters. The Morgan fingerprint density at radius 2 is 1.92 bits per heavy atom. The van der Waals surface area contributed by atoms with Crippen molar-refractivity contribution < 1.29 is 28.4 Å². The normalized spacial score (nSPS) is 22.4. The molecule has 9 heteroatoms. The molecule has 1 saturated heterocycles. The van der Waals surface area contributed by atoms with Crippen LogP contribution >= 0.6 is 0 Å². The van der Waals surface area contributed by atoms with E-state index in [4.69, 9.17) is 4.74 Å². The number of fused-ring (bicyclic) bond motifs is 1. The SMILES string of the molecule is O=C(COC(=O)CN1C(=O)C2CC=CCC2C1=O)Nc1ccon1. The topological polar surface area (TPSA) is 119 Å². The molecule has 0 aromatic carbocycles. The molecule has 9 nitrogen and oxygen atoms in total. The summed E-state index contributed by atoms with van der Waals surface area (Å²) < 4.78 is 9.33. The zero-order valence-electron chi connectivity index (χ0n) is 12.6. The van der Waals surface area contributed by atoms with Gasteiger partial charge in [0.2, 0.25) is 11.8 Å². The molecule has 1 aromatic rings. The Kier molecular flexibility index (Phi) is 4.41. The Labute approximate surface area is 136 Å². The maximum Gasteiger partial charge on any atom is 0.326 e. The lowest BCUT2D eigenvalue weighted by Crippen LogP contribution is -2.37. The fraction of sp³-hybridized carbons (Fsp3) is 0.400. The molecule has 1 N–H and O–H groups in total. The number of rotatable bonds is 5. The number of ether oxygens (including phenoxy) is 1. The summed E-state index contributed by atoms with van der Waals surface area (Å²) in [6, 6.07) is 1.43. The highest BCUT2D eigenvalue weighted by Gasteiger charge is 2.47. The average molecular weight is 333 g/mol. The van der Waals surface area contributed by atoms with Crippen molar-refractivity contribution in [2.75, 3.05) is 18.5 Å². The summed E-state index contributed by atoms with van der Waals surface area (Å²) in [5.74, 6) is -2.75. The molecule has 1 aliphatic carbocycles. The number of nitrogens with zero attached hydrogens (tertiary/aromatic N) is 2. The van der Waals surface area contributed by atoms with Crippen LogP contribution in [-0.4, -0.2) is 46.9 Å². The Balaban J connectivity index is 1.49. The lowest BCUT2D eigenvalue weighted by molar-refractivity contribution is -0.154. The Bertz CT molecular complexity index is 670. The van der Waals surface area contributed by atoms with Crippen molar-refractivity contribution in [1.82, 2.24) is 10.1 Å². The van der Waals surface area contributed by atoms with Gasteiger partial charge in [-0.25, -0.2) is 0 Å². The van der Waals surface area contributed by atoms with E-state index in [0.717, 1.165) is 4.90 Å². The monoisotopic (exact) mass is 333 g/mol. The van der Waals surface area contributed by atoms with Crippen LogP contribution in [0.5, 0.6) is 0 Å². The van der Waals surface area contributed by atoms with Crippen LogP contribution in [0.2, 0.25) is 0 Å². The number of aromatic nitrogens is 1. The summed E-state index contributed by atoms with van der Waals surface area (Å²) in [5.41, 5.74) is 0. The fourth-order valence-electron chi connectivity index (χ4n) is 2.80. The number of hydrogen-bond acceptors (Lipinski definition) is 7. The van der Waals surface area contributed by atoms with Crippen molar-refractivity contribution in [2.24, 2.45) is 11.8 Å². The second-order valence-corrected chi connectivity index (χ2v) is 5.51. The van der Waals surface area contributed by atoms with Crippen LogP contribution in [0.15, 0.2) is 29.0 Å². The Morgan fingerprint density at radius 1 is 1.25 bits per heavy atom.